The molecule has 2 saturated carbocycles. The van der Waals surface area contributed by atoms with Crippen molar-refractivity contribution in [1.29, 1.82) is 0 Å². The van der Waals surface area contributed by atoms with Gasteiger partial charge in [-0.1, -0.05) is 6.42 Å². The molecule has 5 atom stereocenters. The molecule has 0 aromatic heterocycles. The van der Waals surface area contributed by atoms with Gasteiger partial charge in [0.15, 0.2) is 0 Å². The molecule has 0 radical (unpaired) electrons. The maximum atomic E-state index is 11.9. The molecule has 2 aliphatic rings. The normalized spacial score (nSPS) is 32.2. The molecule has 122 valence electrons. The standard InChI is InChI=1S/C17H32N2O2/c1-5-21-16(20)17(3,18)10-12(2)19(4)11-15-9-13-6-7-14(15)8-13/h12-15H,5-11,18H2,1-4H3. The highest BCUT2D eigenvalue weighted by atomic mass is 16.5. The summed E-state index contributed by atoms with van der Waals surface area (Å²) in [6, 6.07) is 0.295. The lowest BCUT2D eigenvalue weighted by Crippen LogP contribution is -2.51. The van der Waals surface area contributed by atoms with Crippen molar-refractivity contribution in [3.8, 4) is 0 Å². The highest BCUT2D eigenvalue weighted by Gasteiger charge is 2.40. The topological polar surface area (TPSA) is 55.6 Å². The average molecular weight is 296 g/mol. The van der Waals surface area contributed by atoms with Gasteiger partial charge >= 0.3 is 5.97 Å². The van der Waals surface area contributed by atoms with Crippen LogP contribution in [0, 0.1) is 17.8 Å². The Labute approximate surface area is 129 Å². The monoisotopic (exact) mass is 296 g/mol. The van der Waals surface area contributed by atoms with E-state index in [1.165, 1.54) is 25.7 Å². The number of hydrogen-bond donors (Lipinski definition) is 1. The number of hydrogen-bond acceptors (Lipinski definition) is 4. The van der Waals surface area contributed by atoms with Gasteiger partial charge in [-0.3, -0.25) is 4.79 Å². The van der Waals surface area contributed by atoms with E-state index in [1.54, 1.807) is 6.92 Å². The summed E-state index contributed by atoms with van der Waals surface area (Å²) in [4.78, 5) is 14.3. The molecule has 0 aliphatic heterocycles. The number of rotatable bonds is 7. The van der Waals surface area contributed by atoms with E-state index in [2.05, 4.69) is 18.9 Å². The van der Waals surface area contributed by atoms with Crippen LogP contribution in [0.4, 0.5) is 0 Å². The summed E-state index contributed by atoms with van der Waals surface area (Å²) in [7, 11) is 2.16. The van der Waals surface area contributed by atoms with Gasteiger partial charge < -0.3 is 15.4 Å². The van der Waals surface area contributed by atoms with Gasteiger partial charge in [-0.25, -0.2) is 0 Å². The van der Waals surface area contributed by atoms with Crippen LogP contribution in [-0.4, -0.2) is 42.6 Å². The molecule has 2 bridgehead atoms. The lowest BCUT2D eigenvalue weighted by Gasteiger charge is -2.34. The van der Waals surface area contributed by atoms with Crippen molar-refractivity contribution in [2.24, 2.45) is 23.5 Å². The van der Waals surface area contributed by atoms with Crippen LogP contribution in [0.15, 0.2) is 0 Å². The summed E-state index contributed by atoms with van der Waals surface area (Å²) < 4.78 is 5.08. The Kier molecular flexibility index (Phi) is 5.31. The van der Waals surface area contributed by atoms with Crippen LogP contribution >= 0.6 is 0 Å². The van der Waals surface area contributed by atoms with Crippen LogP contribution in [0.25, 0.3) is 0 Å². The van der Waals surface area contributed by atoms with E-state index in [9.17, 15) is 4.79 Å². The molecular weight excluding hydrogens is 264 g/mol. The first-order chi connectivity index (χ1) is 9.83. The number of esters is 1. The fraction of sp³-hybridized carbons (Fsp3) is 0.941. The van der Waals surface area contributed by atoms with Crippen LogP contribution in [-0.2, 0) is 9.53 Å². The highest BCUT2D eigenvalue weighted by molar-refractivity contribution is 5.80. The Hall–Kier alpha value is -0.610. The molecule has 2 aliphatic carbocycles. The Bertz CT molecular complexity index is 370. The minimum absolute atomic E-state index is 0.287. The van der Waals surface area contributed by atoms with Gasteiger partial charge in [0, 0.05) is 12.6 Å². The van der Waals surface area contributed by atoms with Crippen molar-refractivity contribution < 1.29 is 9.53 Å². The van der Waals surface area contributed by atoms with Gasteiger partial charge in [-0.15, -0.1) is 0 Å². The van der Waals surface area contributed by atoms with E-state index in [0.717, 1.165) is 24.3 Å². The lowest BCUT2D eigenvalue weighted by molar-refractivity contribution is -0.149. The smallest absolute Gasteiger partial charge is 0.325 e. The van der Waals surface area contributed by atoms with Crippen LogP contribution in [0.1, 0.15) is 52.9 Å². The molecule has 0 aromatic carbocycles. The summed E-state index contributed by atoms with van der Waals surface area (Å²) in [5.74, 6) is 2.50. The fourth-order valence-electron chi connectivity index (χ4n) is 4.30. The molecule has 0 amide bonds. The average Bonchev–Trinajstić information content (AvgIpc) is 3.00. The van der Waals surface area contributed by atoms with E-state index < -0.39 is 5.54 Å². The molecule has 2 fully saturated rings. The van der Waals surface area contributed by atoms with E-state index in [4.69, 9.17) is 10.5 Å². The van der Waals surface area contributed by atoms with Crippen LogP contribution in [0.2, 0.25) is 0 Å². The van der Waals surface area contributed by atoms with E-state index in [0.29, 0.717) is 19.1 Å². The van der Waals surface area contributed by atoms with Crippen molar-refractivity contribution in [3.63, 3.8) is 0 Å². The highest BCUT2D eigenvalue weighted by Crippen LogP contribution is 2.48. The molecule has 0 heterocycles. The quantitative estimate of drug-likeness (QED) is 0.733. The third-order valence-electron chi connectivity index (χ3n) is 5.62. The molecular formula is C17H32N2O2. The lowest BCUT2D eigenvalue weighted by atomic mass is 9.87. The zero-order chi connectivity index (χ0) is 15.6. The van der Waals surface area contributed by atoms with Gasteiger partial charge in [0.1, 0.15) is 5.54 Å². The molecule has 5 unspecified atom stereocenters. The Balaban J connectivity index is 1.82. The number of carbonyl (C=O) groups is 1. The number of ether oxygens (including phenoxy) is 1. The van der Waals surface area contributed by atoms with Gasteiger partial charge in [-0.05, 0) is 71.3 Å². The second-order valence-electron chi connectivity index (χ2n) is 7.57. The molecule has 0 spiro atoms. The molecule has 4 heteroatoms. The van der Waals surface area contributed by atoms with Crippen LogP contribution in [0.3, 0.4) is 0 Å². The third-order valence-corrected chi connectivity index (χ3v) is 5.62. The Morgan fingerprint density at radius 2 is 2.14 bits per heavy atom. The fourth-order valence-corrected chi connectivity index (χ4v) is 4.30. The number of carbonyl (C=O) groups excluding carboxylic acids is 1. The van der Waals surface area contributed by atoms with Crippen molar-refractivity contribution in [1.82, 2.24) is 4.90 Å². The predicted octanol–water partition coefficient (Wildman–Crippen LogP) is 2.41. The first-order valence-corrected chi connectivity index (χ1v) is 8.49. The maximum absolute atomic E-state index is 11.9. The SMILES string of the molecule is CCOC(=O)C(C)(N)CC(C)N(C)CC1CC2CCC1C2. The van der Waals surface area contributed by atoms with Gasteiger partial charge in [0.2, 0.25) is 0 Å². The number of nitrogens with two attached hydrogens (primary N) is 1. The molecule has 2 N–H and O–H groups in total. The van der Waals surface area contributed by atoms with Crippen LogP contribution in [0.5, 0.6) is 0 Å². The number of nitrogens with zero attached hydrogens (tertiary/aromatic N) is 1. The van der Waals surface area contributed by atoms with E-state index in [-0.39, 0.29) is 5.97 Å². The summed E-state index contributed by atoms with van der Waals surface area (Å²) in [6.07, 6.45) is 6.37. The van der Waals surface area contributed by atoms with Crippen molar-refractivity contribution in [2.45, 2.75) is 64.5 Å². The van der Waals surface area contributed by atoms with Crippen molar-refractivity contribution in [3.05, 3.63) is 0 Å². The van der Waals surface area contributed by atoms with Crippen LogP contribution < -0.4 is 5.73 Å². The third kappa shape index (κ3) is 3.98. The summed E-state index contributed by atoms with van der Waals surface area (Å²) in [6.45, 7) is 7.30. The second kappa shape index (κ2) is 6.66. The van der Waals surface area contributed by atoms with Gasteiger partial charge in [0.05, 0.1) is 6.61 Å². The van der Waals surface area contributed by atoms with E-state index >= 15 is 0 Å². The summed E-state index contributed by atoms with van der Waals surface area (Å²) in [5.41, 5.74) is 5.26. The largest absolute Gasteiger partial charge is 0.465 e. The Morgan fingerprint density at radius 1 is 1.43 bits per heavy atom. The zero-order valence-electron chi connectivity index (χ0n) is 14.1. The molecule has 21 heavy (non-hydrogen) atoms. The molecule has 0 saturated heterocycles. The predicted molar refractivity (Wildman–Crippen MR) is 84.9 cm³/mol. The van der Waals surface area contributed by atoms with Crippen molar-refractivity contribution in [2.75, 3.05) is 20.2 Å². The summed E-state index contributed by atoms with van der Waals surface area (Å²) >= 11 is 0. The number of fused-ring (bicyclic) bond motifs is 2. The molecule has 0 aromatic rings. The summed E-state index contributed by atoms with van der Waals surface area (Å²) in [5, 5.41) is 0. The first kappa shape index (κ1) is 16.8. The molecule has 4 nitrogen and oxygen atoms in total. The van der Waals surface area contributed by atoms with E-state index in [1.807, 2.05) is 6.92 Å². The second-order valence-corrected chi connectivity index (χ2v) is 7.57. The maximum Gasteiger partial charge on any atom is 0.325 e. The minimum atomic E-state index is -0.891. The van der Waals surface area contributed by atoms with Gasteiger partial charge in [0.25, 0.3) is 0 Å². The van der Waals surface area contributed by atoms with Crippen molar-refractivity contribution >= 4 is 5.97 Å². The Morgan fingerprint density at radius 3 is 2.67 bits per heavy atom. The molecule has 2 rings (SSSR count). The van der Waals surface area contributed by atoms with Gasteiger partial charge in [-0.2, -0.15) is 0 Å². The zero-order valence-corrected chi connectivity index (χ0v) is 14.1. The minimum Gasteiger partial charge on any atom is -0.465 e. The first-order valence-electron chi connectivity index (χ1n) is 8.49.